The van der Waals surface area contributed by atoms with Crippen LogP contribution in [-0.2, 0) is 12.3 Å². The van der Waals surface area contributed by atoms with Crippen molar-refractivity contribution in [1.82, 2.24) is 10.3 Å². The number of nitrogens with zero attached hydrogens (tertiary/aromatic N) is 1. The van der Waals surface area contributed by atoms with E-state index in [4.69, 9.17) is 4.74 Å². The van der Waals surface area contributed by atoms with E-state index in [1.165, 1.54) is 34.3 Å². The molecule has 4 rings (SSSR count). The first-order chi connectivity index (χ1) is 12.8. The number of hydrogen-bond donors (Lipinski definition) is 1. The fraction of sp³-hybridized carbons (Fsp3) is 0.318. The maximum absolute atomic E-state index is 5.77. The Labute approximate surface area is 160 Å². The second kappa shape index (κ2) is 9.60. The summed E-state index contributed by atoms with van der Waals surface area (Å²) in [5.41, 5.74) is 3.48. The highest BCUT2D eigenvalue weighted by Gasteiger charge is 2.17. The van der Waals surface area contributed by atoms with Crippen LogP contribution < -0.4 is 10.1 Å². The lowest BCUT2D eigenvalue weighted by Crippen LogP contribution is -2.25. The molecule has 0 atom stereocenters. The number of ether oxygens (including phenoxy) is 1. The van der Waals surface area contributed by atoms with Gasteiger partial charge in [-0.3, -0.25) is 10.3 Å². The number of fused-ring (bicyclic) bond motifs is 3. The fourth-order valence-electron chi connectivity index (χ4n) is 2.75. The number of nitrogens with one attached hydrogen (secondary N) is 1. The summed E-state index contributed by atoms with van der Waals surface area (Å²) >= 11 is 1.85. The van der Waals surface area contributed by atoms with Crippen LogP contribution in [-0.4, -0.2) is 11.7 Å². The van der Waals surface area contributed by atoms with Crippen molar-refractivity contribution in [3.63, 3.8) is 0 Å². The first-order valence-electron chi connectivity index (χ1n) is 9.24. The Morgan fingerprint density at radius 1 is 1.08 bits per heavy atom. The molecule has 0 saturated carbocycles. The summed E-state index contributed by atoms with van der Waals surface area (Å²) in [5.74, 6) is 1.86. The molecule has 3 nitrogen and oxygen atoms in total. The van der Waals surface area contributed by atoms with Crippen LogP contribution in [0.5, 0.6) is 5.75 Å². The van der Waals surface area contributed by atoms with E-state index in [0.29, 0.717) is 6.73 Å². The summed E-state index contributed by atoms with van der Waals surface area (Å²) in [6, 6.07) is 16.9. The molecule has 0 unspecified atom stereocenters. The molecule has 1 aliphatic heterocycles. The Hall–Kier alpha value is -2.04. The van der Waals surface area contributed by atoms with E-state index in [9.17, 15) is 0 Å². The van der Waals surface area contributed by atoms with Crippen molar-refractivity contribution in [3.8, 4) is 5.75 Å². The van der Waals surface area contributed by atoms with Gasteiger partial charge in [0.2, 0.25) is 0 Å². The molecule has 0 saturated heterocycles. The third kappa shape index (κ3) is 4.57. The molecule has 0 spiro atoms. The highest BCUT2D eigenvalue weighted by atomic mass is 32.2. The SMILES string of the molecule is CCCC.c1ccc(SCc2cc3c(c4ncccc24)OCNC3)cc1. The van der Waals surface area contributed by atoms with Gasteiger partial charge >= 0.3 is 0 Å². The highest BCUT2D eigenvalue weighted by Crippen LogP contribution is 2.35. The summed E-state index contributed by atoms with van der Waals surface area (Å²) < 4.78 is 5.77. The molecule has 1 N–H and O–H groups in total. The van der Waals surface area contributed by atoms with Crippen LogP contribution in [0.3, 0.4) is 0 Å². The third-order valence-corrected chi connectivity index (χ3v) is 5.34. The third-order valence-electron chi connectivity index (χ3n) is 4.28. The second-order valence-electron chi connectivity index (χ2n) is 6.24. The number of pyridine rings is 1. The highest BCUT2D eigenvalue weighted by molar-refractivity contribution is 7.98. The Morgan fingerprint density at radius 3 is 2.65 bits per heavy atom. The van der Waals surface area contributed by atoms with Gasteiger partial charge in [-0.05, 0) is 29.8 Å². The number of rotatable bonds is 4. The van der Waals surface area contributed by atoms with Crippen molar-refractivity contribution in [2.24, 2.45) is 0 Å². The Bertz CT molecular complexity index is 834. The van der Waals surface area contributed by atoms with Crippen molar-refractivity contribution in [1.29, 1.82) is 0 Å². The summed E-state index contributed by atoms with van der Waals surface area (Å²) in [5, 5.41) is 4.44. The molecule has 3 aromatic rings. The van der Waals surface area contributed by atoms with Crippen molar-refractivity contribution in [2.45, 2.75) is 43.9 Å². The summed E-state index contributed by atoms with van der Waals surface area (Å²) in [7, 11) is 0. The van der Waals surface area contributed by atoms with Crippen LogP contribution in [0.2, 0.25) is 0 Å². The molecule has 4 heteroatoms. The number of unbranched alkanes of at least 4 members (excludes halogenated alkanes) is 1. The van der Waals surface area contributed by atoms with Gasteiger partial charge in [-0.2, -0.15) is 0 Å². The standard InChI is InChI=1S/C18H16N2OS.C4H10/c1-2-5-15(6-3-1)22-11-14-9-13-10-19-12-21-18(13)17-16(14)7-4-8-20-17;1-3-4-2/h1-9,19H,10-12H2;3-4H2,1-2H3. The molecule has 1 aliphatic rings. The van der Waals surface area contributed by atoms with Gasteiger partial charge in [-0.15, -0.1) is 11.8 Å². The normalized spacial score (nSPS) is 12.7. The summed E-state index contributed by atoms with van der Waals surface area (Å²) in [4.78, 5) is 5.83. The van der Waals surface area contributed by atoms with E-state index in [2.05, 4.69) is 60.5 Å². The van der Waals surface area contributed by atoms with Crippen molar-refractivity contribution < 1.29 is 4.74 Å². The summed E-state index contributed by atoms with van der Waals surface area (Å²) in [6.07, 6.45) is 4.47. The van der Waals surface area contributed by atoms with Gasteiger partial charge in [0.15, 0.2) is 5.75 Å². The van der Waals surface area contributed by atoms with Crippen molar-refractivity contribution >= 4 is 22.7 Å². The number of aromatic nitrogens is 1. The van der Waals surface area contributed by atoms with Gasteiger partial charge < -0.3 is 4.74 Å². The van der Waals surface area contributed by atoms with E-state index in [1.54, 1.807) is 0 Å². The predicted molar refractivity (Wildman–Crippen MR) is 111 cm³/mol. The Kier molecular flexibility index (Phi) is 6.92. The fourth-order valence-corrected chi connectivity index (χ4v) is 3.66. The lowest BCUT2D eigenvalue weighted by atomic mass is 10.0. The molecule has 1 aromatic heterocycles. The maximum Gasteiger partial charge on any atom is 0.152 e. The molecule has 0 fully saturated rings. The average Bonchev–Trinajstić information content (AvgIpc) is 2.73. The first kappa shape index (κ1) is 18.7. The van der Waals surface area contributed by atoms with Crippen molar-refractivity contribution in [3.05, 3.63) is 65.9 Å². The molecule has 136 valence electrons. The maximum atomic E-state index is 5.77. The molecule has 0 bridgehead atoms. The minimum Gasteiger partial charge on any atom is -0.476 e. The molecule has 2 heterocycles. The molecule has 26 heavy (non-hydrogen) atoms. The van der Waals surface area contributed by atoms with Crippen LogP contribution in [0.4, 0.5) is 0 Å². The van der Waals surface area contributed by atoms with Crippen molar-refractivity contribution in [2.75, 3.05) is 6.73 Å². The quantitative estimate of drug-likeness (QED) is 0.594. The largest absolute Gasteiger partial charge is 0.476 e. The molecule has 0 aliphatic carbocycles. The van der Waals surface area contributed by atoms with Crippen LogP contribution in [0.25, 0.3) is 10.9 Å². The van der Waals surface area contributed by atoms with Gasteiger partial charge in [0.1, 0.15) is 12.2 Å². The zero-order valence-corrected chi connectivity index (χ0v) is 16.3. The lowest BCUT2D eigenvalue weighted by molar-refractivity contribution is 0.260. The van der Waals surface area contributed by atoms with E-state index in [0.717, 1.165) is 23.6 Å². The molecular formula is C22H26N2OS. The smallest absolute Gasteiger partial charge is 0.152 e. The minimum atomic E-state index is 0.552. The molecule has 0 radical (unpaired) electrons. The van der Waals surface area contributed by atoms with Gasteiger partial charge in [-0.1, -0.05) is 51.0 Å². The van der Waals surface area contributed by atoms with Crippen LogP contribution >= 0.6 is 11.8 Å². The van der Waals surface area contributed by atoms with Gasteiger partial charge in [0.25, 0.3) is 0 Å². The van der Waals surface area contributed by atoms with E-state index in [1.807, 2.05) is 30.1 Å². The van der Waals surface area contributed by atoms with Gasteiger partial charge in [-0.25, -0.2) is 0 Å². The second-order valence-corrected chi connectivity index (χ2v) is 7.29. The Balaban J connectivity index is 0.000000447. The van der Waals surface area contributed by atoms with Gasteiger partial charge in [0.05, 0.1) is 0 Å². The first-order valence-corrected chi connectivity index (χ1v) is 10.2. The zero-order valence-electron chi connectivity index (χ0n) is 15.5. The Morgan fingerprint density at radius 2 is 1.88 bits per heavy atom. The van der Waals surface area contributed by atoms with Gasteiger partial charge in [0, 0.05) is 34.3 Å². The average molecular weight is 367 g/mol. The molecule has 0 amide bonds. The minimum absolute atomic E-state index is 0.552. The topological polar surface area (TPSA) is 34.1 Å². The van der Waals surface area contributed by atoms with E-state index in [-0.39, 0.29) is 0 Å². The number of hydrogen-bond acceptors (Lipinski definition) is 4. The molecule has 2 aromatic carbocycles. The van der Waals surface area contributed by atoms with E-state index >= 15 is 0 Å². The molecular weight excluding hydrogens is 340 g/mol. The zero-order chi connectivity index (χ0) is 18.2. The monoisotopic (exact) mass is 366 g/mol. The lowest BCUT2D eigenvalue weighted by Gasteiger charge is -2.21. The van der Waals surface area contributed by atoms with Crippen LogP contribution in [0, 0.1) is 0 Å². The van der Waals surface area contributed by atoms with Crippen LogP contribution in [0.1, 0.15) is 37.8 Å². The summed E-state index contributed by atoms with van der Waals surface area (Å²) in [6.45, 7) is 5.75. The van der Waals surface area contributed by atoms with Crippen LogP contribution in [0.15, 0.2) is 59.6 Å². The van der Waals surface area contributed by atoms with E-state index < -0.39 is 0 Å². The number of benzene rings is 2. The predicted octanol–water partition coefficient (Wildman–Crippen LogP) is 5.77. The number of thioether (sulfide) groups is 1.